The lowest BCUT2D eigenvalue weighted by atomic mass is 10.1. The molecule has 1 atom stereocenters. The zero-order valence-electron chi connectivity index (χ0n) is 13.9. The third-order valence-corrected chi connectivity index (χ3v) is 4.93. The van der Waals surface area contributed by atoms with Crippen LogP contribution >= 0.6 is 0 Å². The molecule has 0 amide bonds. The van der Waals surface area contributed by atoms with Crippen molar-refractivity contribution in [2.75, 3.05) is 28.6 Å². The first kappa shape index (κ1) is 14.5. The number of hydrogen-bond donors (Lipinski definition) is 3. The van der Waals surface area contributed by atoms with Crippen molar-refractivity contribution in [3.8, 4) is 11.4 Å². The van der Waals surface area contributed by atoms with Gasteiger partial charge in [0, 0.05) is 24.8 Å². The molecular weight excluding hydrogens is 314 g/mol. The first-order valence-electron chi connectivity index (χ1n) is 8.81. The molecule has 1 fully saturated rings. The van der Waals surface area contributed by atoms with E-state index < -0.39 is 0 Å². The lowest BCUT2D eigenvalue weighted by Gasteiger charge is -2.28. The Morgan fingerprint density at radius 2 is 1.88 bits per heavy atom. The summed E-state index contributed by atoms with van der Waals surface area (Å²) in [5.74, 6) is 1.76. The van der Waals surface area contributed by atoms with E-state index in [4.69, 9.17) is 15.8 Å². The summed E-state index contributed by atoms with van der Waals surface area (Å²) in [6.45, 7) is 2.11. The summed E-state index contributed by atoms with van der Waals surface area (Å²) in [5, 5.41) is 11.1. The summed E-state index contributed by atoms with van der Waals surface area (Å²) in [5.41, 5.74) is 9.93. The van der Waals surface area contributed by atoms with E-state index in [0.29, 0.717) is 0 Å². The highest BCUT2D eigenvalue weighted by Gasteiger charge is 2.20. The Bertz CT molecular complexity index is 926. The lowest BCUT2D eigenvalue weighted by molar-refractivity contribution is 0.573. The first-order valence-corrected chi connectivity index (χ1v) is 8.81. The second-order valence-corrected chi connectivity index (χ2v) is 6.67. The average molecular weight is 335 g/mol. The summed E-state index contributed by atoms with van der Waals surface area (Å²) in [6, 6.07) is 10.2. The molecule has 7 nitrogen and oxygen atoms in total. The molecule has 25 heavy (non-hydrogen) atoms. The van der Waals surface area contributed by atoms with Crippen LogP contribution in [0.15, 0.2) is 36.5 Å². The van der Waals surface area contributed by atoms with Gasteiger partial charge in [-0.15, -0.1) is 5.10 Å². The third-order valence-electron chi connectivity index (χ3n) is 4.93. The van der Waals surface area contributed by atoms with Gasteiger partial charge in [-0.25, -0.2) is 9.50 Å². The van der Waals surface area contributed by atoms with Crippen molar-refractivity contribution in [3.05, 3.63) is 36.5 Å². The fourth-order valence-electron chi connectivity index (χ4n) is 3.68. The number of hydrogen-bond acceptors (Lipinski definition) is 6. The number of anilines is 3. The summed E-state index contributed by atoms with van der Waals surface area (Å²) in [4.78, 5) is 7.31. The molecule has 0 bridgehead atoms. The number of piperidine rings is 1. The molecule has 2 aliphatic heterocycles. The molecule has 0 saturated carbocycles. The number of nitrogens with zero attached hydrogens (tertiary/aromatic N) is 4. The van der Waals surface area contributed by atoms with E-state index in [2.05, 4.69) is 27.7 Å². The molecule has 1 unspecified atom stereocenters. The minimum Gasteiger partial charge on any atom is -0.355 e. The van der Waals surface area contributed by atoms with Crippen LogP contribution in [-0.4, -0.2) is 34.0 Å². The van der Waals surface area contributed by atoms with Crippen molar-refractivity contribution in [1.29, 1.82) is 0 Å². The maximum absolute atomic E-state index is 5.89. The summed E-state index contributed by atoms with van der Waals surface area (Å²) < 4.78 is 1.93. The van der Waals surface area contributed by atoms with Gasteiger partial charge in [-0.05, 0) is 49.6 Å². The van der Waals surface area contributed by atoms with E-state index in [1.807, 2.05) is 28.9 Å². The minimum absolute atomic E-state index is 0.248. The molecule has 0 spiro atoms. The number of fused-ring (bicyclic) bond motifs is 2. The second-order valence-electron chi connectivity index (χ2n) is 6.67. The molecule has 128 valence electrons. The van der Waals surface area contributed by atoms with Crippen molar-refractivity contribution < 1.29 is 0 Å². The van der Waals surface area contributed by atoms with Crippen LogP contribution in [-0.2, 0) is 0 Å². The molecule has 3 aromatic rings. The lowest BCUT2D eigenvalue weighted by Crippen LogP contribution is -2.31. The number of benzene rings is 1. The Labute approximate surface area is 145 Å². The van der Waals surface area contributed by atoms with Crippen LogP contribution in [0, 0.1) is 0 Å². The predicted octanol–water partition coefficient (Wildman–Crippen LogP) is 2.47. The molecule has 5 rings (SSSR count). The van der Waals surface area contributed by atoms with Gasteiger partial charge in [-0.2, -0.15) is 0 Å². The molecule has 4 N–H and O–H groups in total. The van der Waals surface area contributed by atoms with Crippen molar-refractivity contribution >= 4 is 22.7 Å². The van der Waals surface area contributed by atoms with Gasteiger partial charge in [-0.3, -0.25) is 5.73 Å². The summed E-state index contributed by atoms with van der Waals surface area (Å²) in [6.07, 6.45) is 5.48. The topological polar surface area (TPSA) is 83.5 Å². The van der Waals surface area contributed by atoms with Crippen molar-refractivity contribution in [3.63, 3.8) is 0 Å². The SMILES string of the molecule is NC1Nc2ccc(-c3nc(N4CCCCC4)c4cccn4n3)cc2N1. The average Bonchev–Trinajstić information content (AvgIpc) is 3.26. The minimum atomic E-state index is -0.248. The highest BCUT2D eigenvalue weighted by Crippen LogP contribution is 2.33. The molecular formula is C18H21N7. The molecule has 2 aromatic heterocycles. The highest BCUT2D eigenvalue weighted by molar-refractivity contribution is 5.80. The quantitative estimate of drug-likeness (QED) is 0.667. The van der Waals surface area contributed by atoms with Crippen LogP contribution in [0.25, 0.3) is 16.9 Å². The molecule has 2 aliphatic rings. The van der Waals surface area contributed by atoms with Crippen molar-refractivity contribution in [2.45, 2.75) is 25.6 Å². The Kier molecular flexibility index (Phi) is 3.27. The molecule has 1 aromatic carbocycles. The maximum Gasteiger partial charge on any atom is 0.182 e. The highest BCUT2D eigenvalue weighted by atomic mass is 15.3. The number of nitrogens with one attached hydrogen (secondary N) is 2. The zero-order chi connectivity index (χ0) is 16.8. The van der Waals surface area contributed by atoms with Gasteiger partial charge in [0.15, 0.2) is 17.9 Å². The van der Waals surface area contributed by atoms with Gasteiger partial charge in [0.25, 0.3) is 0 Å². The number of aromatic nitrogens is 3. The first-order chi connectivity index (χ1) is 12.3. The fourth-order valence-corrected chi connectivity index (χ4v) is 3.68. The van der Waals surface area contributed by atoms with Crippen LogP contribution < -0.4 is 21.3 Å². The van der Waals surface area contributed by atoms with Gasteiger partial charge < -0.3 is 15.5 Å². The Morgan fingerprint density at radius 1 is 1.04 bits per heavy atom. The van der Waals surface area contributed by atoms with E-state index in [0.717, 1.165) is 47.2 Å². The van der Waals surface area contributed by atoms with Crippen LogP contribution in [0.2, 0.25) is 0 Å². The molecule has 0 radical (unpaired) electrons. The standard InChI is InChI=1S/C18H21N7/c19-18-20-13-7-6-12(11-14(13)21-18)16-22-17(24-8-2-1-3-9-24)15-5-4-10-25(15)23-16/h4-7,10-11,18,20-21H,1-3,8-9,19H2. The van der Waals surface area contributed by atoms with Crippen molar-refractivity contribution in [2.24, 2.45) is 5.73 Å². The molecule has 7 heteroatoms. The fraction of sp³-hybridized carbons (Fsp3) is 0.333. The van der Waals surface area contributed by atoms with E-state index in [1.165, 1.54) is 19.3 Å². The molecule has 1 saturated heterocycles. The van der Waals surface area contributed by atoms with Gasteiger partial charge in [0.2, 0.25) is 0 Å². The predicted molar refractivity (Wildman–Crippen MR) is 99.7 cm³/mol. The largest absolute Gasteiger partial charge is 0.355 e. The molecule has 4 heterocycles. The number of rotatable bonds is 2. The van der Waals surface area contributed by atoms with Gasteiger partial charge in [0.05, 0.1) is 11.4 Å². The van der Waals surface area contributed by atoms with Crippen LogP contribution in [0.4, 0.5) is 17.2 Å². The van der Waals surface area contributed by atoms with E-state index in [9.17, 15) is 0 Å². The molecule has 0 aliphatic carbocycles. The maximum atomic E-state index is 5.89. The normalized spacial score (nSPS) is 19.6. The van der Waals surface area contributed by atoms with Crippen LogP contribution in [0.1, 0.15) is 19.3 Å². The smallest absolute Gasteiger partial charge is 0.182 e. The van der Waals surface area contributed by atoms with E-state index in [1.54, 1.807) is 0 Å². The third kappa shape index (κ3) is 2.47. The van der Waals surface area contributed by atoms with Gasteiger partial charge >= 0.3 is 0 Å². The Morgan fingerprint density at radius 3 is 2.76 bits per heavy atom. The van der Waals surface area contributed by atoms with Gasteiger partial charge in [0.1, 0.15) is 5.52 Å². The monoisotopic (exact) mass is 335 g/mol. The Hall–Kier alpha value is -2.80. The van der Waals surface area contributed by atoms with E-state index >= 15 is 0 Å². The van der Waals surface area contributed by atoms with Crippen molar-refractivity contribution in [1.82, 2.24) is 14.6 Å². The van der Waals surface area contributed by atoms with Crippen LogP contribution in [0.3, 0.4) is 0 Å². The van der Waals surface area contributed by atoms with E-state index in [-0.39, 0.29) is 6.29 Å². The second kappa shape index (κ2) is 5.63. The van der Waals surface area contributed by atoms with Crippen LogP contribution in [0.5, 0.6) is 0 Å². The number of nitrogens with two attached hydrogens (primary N) is 1. The summed E-state index contributed by atoms with van der Waals surface area (Å²) >= 11 is 0. The Balaban J connectivity index is 1.61. The summed E-state index contributed by atoms with van der Waals surface area (Å²) in [7, 11) is 0. The van der Waals surface area contributed by atoms with Gasteiger partial charge in [-0.1, -0.05) is 0 Å². The zero-order valence-corrected chi connectivity index (χ0v) is 13.9.